The van der Waals surface area contributed by atoms with Crippen molar-refractivity contribution in [3.8, 4) is 0 Å². The molecule has 2 aliphatic rings. The predicted molar refractivity (Wildman–Crippen MR) is 85.4 cm³/mol. The molecule has 0 aromatic rings. The summed E-state index contributed by atoms with van der Waals surface area (Å²) in [6, 6.07) is 0.306. The smallest absolute Gasteiger partial charge is 0.235 e. The summed E-state index contributed by atoms with van der Waals surface area (Å²) >= 11 is 7.22. The van der Waals surface area contributed by atoms with E-state index in [-0.39, 0.29) is 5.91 Å². The van der Waals surface area contributed by atoms with E-state index in [1.165, 1.54) is 12.8 Å². The molecule has 0 spiro atoms. The Morgan fingerprint density at radius 3 is 2.47 bits per heavy atom. The Morgan fingerprint density at radius 2 is 1.95 bits per heavy atom. The monoisotopic (exact) mass is 300 g/mol. The Bertz CT molecular complexity index is 351. The normalized spacial score (nSPS) is 27.6. The van der Waals surface area contributed by atoms with Gasteiger partial charge in [0.25, 0.3) is 0 Å². The number of hydrogen-bond acceptors (Lipinski definition) is 3. The highest BCUT2D eigenvalue weighted by Crippen LogP contribution is 2.38. The fourth-order valence-corrected chi connectivity index (χ4v) is 4.51. The lowest BCUT2D eigenvalue weighted by molar-refractivity contribution is -0.140. The molecule has 1 saturated heterocycles. The maximum atomic E-state index is 13.0. The highest BCUT2D eigenvalue weighted by atomic mass is 32.2. The van der Waals surface area contributed by atoms with E-state index in [2.05, 4.69) is 6.92 Å². The van der Waals surface area contributed by atoms with Crippen LogP contribution in [0.3, 0.4) is 0 Å². The van der Waals surface area contributed by atoms with Crippen LogP contribution >= 0.6 is 24.0 Å². The van der Waals surface area contributed by atoms with E-state index < -0.39 is 5.41 Å². The molecule has 0 radical (unpaired) electrons. The van der Waals surface area contributed by atoms with Crippen LogP contribution < -0.4 is 5.73 Å². The summed E-state index contributed by atoms with van der Waals surface area (Å²) in [7, 11) is 0. The lowest BCUT2D eigenvalue weighted by Crippen LogP contribution is -2.55. The molecule has 3 nitrogen and oxygen atoms in total. The van der Waals surface area contributed by atoms with Gasteiger partial charge in [0.15, 0.2) is 0 Å². The van der Waals surface area contributed by atoms with Crippen molar-refractivity contribution < 1.29 is 4.79 Å². The predicted octanol–water partition coefficient (Wildman–Crippen LogP) is 2.58. The molecule has 2 fully saturated rings. The molecule has 1 heterocycles. The van der Waals surface area contributed by atoms with E-state index in [0.717, 1.165) is 43.7 Å². The van der Waals surface area contributed by atoms with E-state index in [0.29, 0.717) is 11.0 Å². The molecular formula is C14H24N2OS2. The van der Waals surface area contributed by atoms with Gasteiger partial charge in [0.2, 0.25) is 5.91 Å². The molecule has 1 unspecified atom stereocenters. The molecule has 1 saturated carbocycles. The maximum Gasteiger partial charge on any atom is 0.235 e. The SMILES string of the molecule is CC1CSCCN1C(=O)C1(C(N)=S)CCCCCC1. The third-order valence-corrected chi connectivity index (χ3v) is 6.05. The standard InChI is InChI=1S/C14H24N2OS2/c1-11-10-19-9-8-16(11)13(17)14(12(15)18)6-4-2-3-5-7-14/h11H,2-10H2,1H3,(H2,15,18). The number of nitrogens with two attached hydrogens (primary N) is 1. The highest BCUT2D eigenvalue weighted by molar-refractivity contribution is 7.99. The van der Waals surface area contributed by atoms with Gasteiger partial charge in [-0.05, 0) is 19.8 Å². The minimum absolute atomic E-state index is 0.203. The molecule has 1 aliphatic heterocycles. The summed E-state index contributed by atoms with van der Waals surface area (Å²) in [5.41, 5.74) is 5.45. The van der Waals surface area contributed by atoms with Gasteiger partial charge in [0, 0.05) is 24.1 Å². The second kappa shape index (κ2) is 6.44. The number of carbonyl (C=O) groups excluding carboxylic acids is 1. The van der Waals surface area contributed by atoms with Crippen LogP contribution in [0.25, 0.3) is 0 Å². The summed E-state index contributed by atoms with van der Waals surface area (Å²) in [6.45, 7) is 2.98. The van der Waals surface area contributed by atoms with E-state index in [9.17, 15) is 4.79 Å². The maximum absolute atomic E-state index is 13.0. The van der Waals surface area contributed by atoms with Crippen molar-refractivity contribution in [2.24, 2.45) is 11.1 Å². The zero-order valence-electron chi connectivity index (χ0n) is 11.7. The van der Waals surface area contributed by atoms with E-state index in [1.807, 2.05) is 16.7 Å². The van der Waals surface area contributed by atoms with Crippen LogP contribution in [0.5, 0.6) is 0 Å². The zero-order valence-corrected chi connectivity index (χ0v) is 13.3. The van der Waals surface area contributed by atoms with Crippen molar-refractivity contribution in [1.29, 1.82) is 0 Å². The van der Waals surface area contributed by atoms with Gasteiger partial charge in [-0.2, -0.15) is 11.8 Å². The average Bonchev–Trinajstić information content (AvgIpc) is 2.65. The summed E-state index contributed by atoms with van der Waals surface area (Å²) < 4.78 is 0. The molecule has 0 aromatic carbocycles. The third kappa shape index (κ3) is 3.07. The van der Waals surface area contributed by atoms with Crippen LogP contribution in [-0.4, -0.2) is 39.9 Å². The summed E-state index contributed by atoms with van der Waals surface area (Å²) in [5.74, 6) is 2.26. The van der Waals surface area contributed by atoms with Gasteiger partial charge in [-0.1, -0.05) is 37.9 Å². The van der Waals surface area contributed by atoms with Gasteiger partial charge in [-0.15, -0.1) is 0 Å². The fourth-order valence-electron chi connectivity index (χ4n) is 3.20. The molecular weight excluding hydrogens is 276 g/mol. The molecule has 1 atom stereocenters. The Balaban J connectivity index is 2.22. The van der Waals surface area contributed by atoms with Crippen molar-refractivity contribution in [3.05, 3.63) is 0 Å². The van der Waals surface area contributed by atoms with Crippen molar-refractivity contribution in [1.82, 2.24) is 4.90 Å². The molecule has 108 valence electrons. The van der Waals surface area contributed by atoms with Crippen LogP contribution in [0.2, 0.25) is 0 Å². The lowest BCUT2D eigenvalue weighted by Gasteiger charge is -2.41. The largest absolute Gasteiger partial charge is 0.392 e. The average molecular weight is 300 g/mol. The van der Waals surface area contributed by atoms with Crippen molar-refractivity contribution >= 4 is 34.9 Å². The van der Waals surface area contributed by atoms with Gasteiger partial charge < -0.3 is 10.6 Å². The first-order valence-corrected chi connectivity index (χ1v) is 8.83. The quantitative estimate of drug-likeness (QED) is 0.629. The molecule has 19 heavy (non-hydrogen) atoms. The summed E-state index contributed by atoms with van der Waals surface area (Å²) in [4.78, 5) is 15.5. The molecule has 0 aromatic heterocycles. The second-order valence-electron chi connectivity index (χ2n) is 5.78. The molecule has 2 rings (SSSR count). The third-order valence-electron chi connectivity index (χ3n) is 4.47. The Labute approximate surface area is 125 Å². The van der Waals surface area contributed by atoms with E-state index >= 15 is 0 Å². The van der Waals surface area contributed by atoms with Crippen LogP contribution in [-0.2, 0) is 4.79 Å². The van der Waals surface area contributed by atoms with Crippen molar-refractivity contribution in [2.45, 2.75) is 51.5 Å². The van der Waals surface area contributed by atoms with Gasteiger partial charge in [0.1, 0.15) is 0 Å². The Morgan fingerprint density at radius 1 is 1.32 bits per heavy atom. The Kier molecular flexibility index (Phi) is 5.12. The number of carbonyl (C=O) groups is 1. The molecule has 1 aliphatic carbocycles. The second-order valence-corrected chi connectivity index (χ2v) is 7.37. The van der Waals surface area contributed by atoms with Gasteiger partial charge in [-0.3, -0.25) is 4.79 Å². The number of hydrogen-bond donors (Lipinski definition) is 1. The minimum atomic E-state index is -0.553. The van der Waals surface area contributed by atoms with Gasteiger partial charge in [0.05, 0.1) is 10.4 Å². The summed E-state index contributed by atoms with van der Waals surface area (Å²) in [6.07, 6.45) is 6.22. The molecule has 5 heteroatoms. The van der Waals surface area contributed by atoms with Crippen LogP contribution in [0.15, 0.2) is 0 Å². The Hall–Kier alpha value is -0.290. The molecule has 2 N–H and O–H groups in total. The number of thiocarbonyl (C=S) groups is 1. The van der Waals surface area contributed by atoms with E-state index in [1.54, 1.807) is 0 Å². The van der Waals surface area contributed by atoms with Crippen LogP contribution in [0.4, 0.5) is 0 Å². The van der Waals surface area contributed by atoms with Crippen LogP contribution in [0.1, 0.15) is 45.4 Å². The zero-order chi connectivity index (χ0) is 13.9. The number of thioether (sulfide) groups is 1. The molecule has 0 bridgehead atoms. The number of rotatable bonds is 2. The number of amides is 1. The minimum Gasteiger partial charge on any atom is -0.392 e. The van der Waals surface area contributed by atoms with Crippen LogP contribution in [0, 0.1) is 5.41 Å². The first-order valence-electron chi connectivity index (χ1n) is 7.27. The number of nitrogens with zero attached hydrogens (tertiary/aromatic N) is 1. The van der Waals surface area contributed by atoms with Crippen molar-refractivity contribution in [3.63, 3.8) is 0 Å². The lowest BCUT2D eigenvalue weighted by atomic mass is 9.78. The van der Waals surface area contributed by atoms with Crippen molar-refractivity contribution in [2.75, 3.05) is 18.1 Å². The highest BCUT2D eigenvalue weighted by Gasteiger charge is 2.45. The van der Waals surface area contributed by atoms with Gasteiger partial charge in [-0.25, -0.2) is 0 Å². The van der Waals surface area contributed by atoms with Gasteiger partial charge >= 0.3 is 0 Å². The molecule has 1 amide bonds. The first-order chi connectivity index (χ1) is 9.08. The van der Waals surface area contributed by atoms with E-state index in [4.69, 9.17) is 18.0 Å². The fraction of sp³-hybridized carbons (Fsp3) is 0.857. The summed E-state index contributed by atoms with van der Waals surface area (Å²) in [5, 5.41) is 0. The topological polar surface area (TPSA) is 46.3 Å². The first kappa shape index (κ1) is 15.1.